The van der Waals surface area contributed by atoms with Crippen molar-refractivity contribution in [1.29, 1.82) is 0 Å². The zero-order valence-corrected chi connectivity index (χ0v) is 13.3. The fourth-order valence-electron chi connectivity index (χ4n) is 1.55. The monoisotopic (exact) mass is 338 g/mol. The number of halogens is 1. The van der Waals surface area contributed by atoms with E-state index < -0.39 is 5.97 Å². The molecule has 0 unspecified atom stereocenters. The number of imidazole rings is 1. The Balaban J connectivity index is 0.000000200. The number of hydrogen-bond donors (Lipinski definition) is 2. The van der Waals surface area contributed by atoms with Gasteiger partial charge in [0.1, 0.15) is 5.82 Å². The molecular weight excluding hydrogens is 320 g/mol. The first kappa shape index (κ1) is 16.4. The molecule has 108 valence electrons. The van der Waals surface area contributed by atoms with E-state index in [1.165, 1.54) is 18.5 Å². The molecule has 0 aliphatic carbocycles. The number of nitrogens with one attached hydrogen (secondary N) is 1. The summed E-state index contributed by atoms with van der Waals surface area (Å²) in [5, 5.41) is 8.46. The fourth-order valence-corrected chi connectivity index (χ4v) is 1.81. The first-order chi connectivity index (χ1) is 9.52. The number of aromatic nitrogens is 2. The lowest BCUT2D eigenvalue weighted by atomic mass is 10.2. The van der Waals surface area contributed by atoms with Crippen LogP contribution in [0.1, 0.15) is 41.6 Å². The number of benzene rings is 1. The van der Waals surface area contributed by atoms with Crippen LogP contribution in [0.4, 0.5) is 0 Å². The summed E-state index contributed by atoms with van der Waals surface area (Å²) in [4.78, 5) is 17.7. The van der Waals surface area contributed by atoms with Crippen molar-refractivity contribution in [3.05, 3.63) is 52.0 Å². The molecule has 20 heavy (non-hydrogen) atoms. The van der Waals surface area contributed by atoms with Gasteiger partial charge in [0.15, 0.2) is 0 Å². The first-order valence-corrected chi connectivity index (χ1v) is 7.32. The molecule has 0 saturated heterocycles. The summed E-state index contributed by atoms with van der Waals surface area (Å²) in [6, 6.07) is 6.49. The molecule has 1 aromatic heterocycles. The molecule has 2 rings (SSSR count). The van der Waals surface area contributed by atoms with Gasteiger partial charge in [-0.1, -0.05) is 29.3 Å². The minimum atomic E-state index is -0.896. The molecule has 0 saturated carbocycles. The highest BCUT2D eigenvalue weighted by Crippen LogP contribution is 2.09. The molecule has 0 aliphatic heterocycles. The summed E-state index contributed by atoms with van der Waals surface area (Å²) < 4.78 is 0.887. The Morgan fingerprint density at radius 3 is 2.45 bits per heavy atom. The number of aromatic amines is 1. The molecule has 0 aliphatic rings. The second-order valence-corrected chi connectivity index (χ2v) is 5.31. The van der Waals surface area contributed by atoms with Crippen LogP contribution in [0.3, 0.4) is 0 Å². The Kier molecular flexibility index (Phi) is 7.01. The van der Waals surface area contributed by atoms with Gasteiger partial charge in [-0.3, -0.25) is 0 Å². The van der Waals surface area contributed by atoms with Gasteiger partial charge >= 0.3 is 5.97 Å². The van der Waals surface area contributed by atoms with E-state index in [1.54, 1.807) is 24.3 Å². The lowest BCUT2D eigenvalue weighted by Crippen LogP contribution is -1.94. The van der Waals surface area contributed by atoms with E-state index in [0.29, 0.717) is 5.56 Å². The maximum Gasteiger partial charge on any atom is 0.335 e. The number of carbonyl (C=O) groups is 1. The quantitative estimate of drug-likeness (QED) is 0.877. The van der Waals surface area contributed by atoms with E-state index in [1.807, 2.05) is 13.1 Å². The van der Waals surface area contributed by atoms with Crippen molar-refractivity contribution in [3.63, 3.8) is 0 Å². The van der Waals surface area contributed by atoms with Crippen molar-refractivity contribution in [1.82, 2.24) is 9.97 Å². The summed E-state index contributed by atoms with van der Waals surface area (Å²) in [5.74, 6) is 0.124. The normalized spacial score (nSPS) is 9.75. The number of carboxylic acids is 1. The smallest absolute Gasteiger partial charge is 0.335 e. The number of unbranched alkanes of at least 4 members (excludes halogenated alkanes) is 1. The molecule has 2 N–H and O–H groups in total. The molecular formula is C15H19BrN2O2. The van der Waals surface area contributed by atoms with Crippen molar-refractivity contribution < 1.29 is 9.90 Å². The third-order valence-corrected chi connectivity index (χ3v) is 3.17. The van der Waals surface area contributed by atoms with E-state index in [2.05, 4.69) is 32.8 Å². The fraction of sp³-hybridized carbons (Fsp3) is 0.333. The molecule has 0 amide bonds. The number of aromatic carboxylic acids is 1. The van der Waals surface area contributed by atoms with Gasteiger partial charge in [-0.25, -0.2) is 9.78 Å². The van der Waals surface area contributed by atoms with E-state index >= 15 is 0 Å². The van der Waals surface area contributed by atoms with Crippen LogP contribution in [0.25, 0.3) is 0 Å². The van der Waals surface area contributed by atoms with Gasteiger partial charge in [0.2, 0.25) is 0 Å². The topological polar surface area (TPSA) is 66.0 Å². The minimum Gasteiger partial charge on any atom is -0.478 e. The standard InChI is InChI=1S/C8H14N2.C7H5BrO2/c1-3-4-5-8-6-9-7(2)10-8;8-6-3-1-5(2-4-6)7(9)10/h6H,3-5H2,1-2H3,(H,9,10);1-4H,(H,9,10). The minimum absolute atomic E-state index is 0.309. The Morgan fingerprint density at radius 1 is 1.35 bits per heavy atom. The molecule has 0 radical (unpaired) electrons. The van der Waals surface area contributed by atoms with Gasteiger partial charge in [0.25, 0.3) is 0 Å². The van der Waals surface area contributed by atoms with Crippen molar-refractivity contribution >= 4 is 21.9 Å². The van der Waals surface area contributed by atoms with Gasteiger partial charge in [-0.05, 0) is 44.0 Å². The molecule has 5 heteroatoms. The van der Waals surface area contributed by atoms with Crippen LogP contribution in [0.15, 0.2) is 34.9 Å². The zero-order valence-electron chi connectivity index (χ0n) is 11.7. The third-order valence-electron chi connectivity index (χ3n) is 2.64. The van der Waals surface area contributed by atoms with E-state index in [4.69, 9.17) is 5.11 Å². The molecule has 4 nitrogen and oxygen atoms in total. The number of carboxylic acid groups (broad SMARTS) is 1. The highest BCUT2D eigenvalue weighted by Gasteiger charge is 1.99. The number of H-pyrrole nitrogens is 1. The molecule has 0 fully saturated rings. The summed E-state index contributed by atoms with van der Waals surface area (Å²) in [5.41, 5.74) is 1.50. The van der Waals surface area contributed by atoms with Crippen LogP contribution in [0, 0.1) is 6.92 Å². The molecule has 1 heterocycles. The number of hydrogen-bond acceptors (Lipinski definition) is 2. The lowest BCUT2D eigenvalue weighted by Gasteiger charge is -1.91. The Bertz CT molecular complexity index is 535. The third kappa shape index (κ3) is 6.02. The summed E-state index contributed by atoms with van der Waals surface area (Å²) in [6.07, 6.45) is 5.59. The highest BCUT2D eigenvalue weighted by atomic mass is 79.9. The predicted molar refractivity (Wildman–Crippen MR) is 83.0 cm³/mol. The second kappa shape index (κ2) is 8.53. The number of nitrogens with zero attached hydrogens (tertiary/aromatic N) is 1. The van der Waals surface area contributed by atoms with E-state index in [9.17, 15) is 4.79 Å². The van der Waals surface area contributed by atoms with Gasteiger partial charge in [-0.2, -0.15) is 0 Å². The molecule has 0 spiro atoms. The molecule has 2 aromatic rings. The predicted octanol–water partition coefficient (Wildman–Crippen LogP) is 4.21. The van der Waals surface area contributed by atoms with Crippen LogP contribution >= 0.6 is 15.9 Å². The Hall–Kier alpha value is -1.62. The number of aryl methyl sites for hydroxylation is 2. The SMILES string of the molecule is CCCCc1c[nH]c(C)n1.O=C(O)c1ccc(Br)cc1. The van der Waals surface area contributed by atoms with E-state index in [-0.39, 0.29) is 0 Å². The van der Waals surface area contributed by atoms with Gasteiger partial charge < -0.3 is 10.1 Å². The van der Waals surface area contributed by atoms with Crippen molar-refractivity contribution in [2.45, 2.75) is 33.1 Å². The van der Waals surface area contributed by atoms with Crippen LogP contribution < -0.4 is 0 Å². The Morgan fingerprint density at radius 2 is 2.00 bits per heavy atom. The van der Waals surface area contributed by atoms with Gasteiger partial charge in [0.05, 0.1) is 11.3 Å². The highest BCUT2D eigenvalue weighted by molar-refractivity contribution is 9.10. The first-order valence-electron chi connectivity index (χ1n) is 6.52. The van der Waals surface area contributed by atoms with Crippen molar-refractivity contribution in [3.8, 4) is 0 Å². The average Bonchev–Trinajstić information content (AvgIpc) is 2.83. The summed E-state index contributed by atoms with van der Waals surface area (Å²) >= 11 is 3.20. The van der Waals surface area contributed by atoms with Crippen LogP contribution in [-0.4, -0.2) is 21.0 Å². The largest absolute Gasteiger partial charge is 0.478 e. The molecule has 0 atom stereocenters. The average molecular weight is 339 g/mol. The summed E-state index contributed by atoms with van der Waals surface area (Å²) in [7, 11) is 0. The maximum atomic E-state index is 10.3. The van der Waals surface area contributed by atoms with Crippen LogP contribution in [0.5, 0.6) is 0 Å². The van der Waals surface area contributed by atoms with Gasteiger partial charge in [0, 0.05) is 10.7 Å². The maximum absolute atomic E-state index is 10.3. The zero-order chi connectivity index (χ0) is 15.0. The van der Waals surface area contributed by atoms with Crippen LogP contribution in [-0.2, 0) is 6.42 Å². The van der Waals surface area contributed by atoms with Crippen LogP contribution in [0.2, 0.25) is 0 Å². The Labute approximate surface area is 127 Å². The van der Waals surface area contributed by atoms with Crippen molar-refractivity contribution in [2.75, 3.05) is 0 Å². The van der Waals surface area contributed by atoms with Crippen molar-refractivity contribution in [2.24, 2.45) is 0 Å². The summed E-state index contributed by atoms with van der Waals surface area (Å²) in [6.45, 7) is 4.18. The second-order valence-electron chi connectivity index (χ2n) is 4.39. The van der Waals surface area contributed by atoms with E-state index in [0.717, 1.165) is 16.7 Å². The molecule has 0 bridgehead atoms. The van der Waals surface area contributed by atoms with Gasteiger partial charge in [-0.15, -0.1) is 0 Å². The molecule has 1 aromatic carbocycles. The number of rotatable bonds is 4. The lowest BCUT2D eigenvalue weighted by molar-refractivity contribution is 0.0697.